The van der Waals surface area contributed by atoms with E-state index in [1.807, 2.05) is 0 Å². The molecule has 0 bridgehead atoms. The van der Waals surface area contributed by atoms with Gasteiger partial charge in [0.2, 0.25) is 0 Å². The number of piperidine rings is 1. The molecule has 0 N–H and O–H groups in total. The highest BCUT2D eigenvalue weighted by molar-refractivity contribution is 5.19. The molecule has 1 aromatic carbocycles. The summed E-state index contributed by atoms with van der Waals surface area (Å²) in [5, 5.41) is 0. The zero-order valence-electron chi connectivity index (χ0n) is 11.2. The second kappa shape index (κ2) is 6.20. The summed E-state index contributed by atoms with van der Waals surface area (Å²) in [6.45, 7) is 7.23. The number of nitrogens with zero attached hydrogens (tertiary/aromatic N) is 1. The summed E-state index contributed by atoms with van der Waals surface area (Å²) in [5.74, 6) is 0.766. The topological polar surface area (TPSA) is 3.24 Å². The van der Waals surface area contributed by atoms with Crippen LogP contribution in [0.2, 0.25) is 0 Å². The molecule has 1 heterocycles. The fraction of sp³-hybridized carbons (Fsp3) is 0.625. The second-order valence-electron chi connectivity index (χ2n) is 5.65. The molecule has 0 aliphatic carbocycles. The lowest BCUT2D eigenvalue weighted by Gasteiger charge is -2.36. The highest BCUT2D eigenvalue weighted by Crippen LogP contribution is 2.30. The van der Waals surface area contributed by atoms with Gasteiger partial charge in [-0.2, -0.15) is 0 Å². The van der Waals surface area contributed by atoms with Gasteiger partial charge >= 0.3 is 0 Å². The summed E-state index contributed by atoms with van der Waals surface area (Å²) < 4.78 is 0. The average molecular weight is 231 g/mol. The smallest absolute Gasteiger partial charge is 0.0350 e. The number of benzene rings is 1. The van der Waals surface area contributed by atoms with Crippen LogP contribution in [0.3, 0.4) is 0 Å². The molecule has 1 nitrogen and oxygen atoms in total. The Labute approximate surface area is 106 Å². The average Bonchev–Trinajstić information content (AvgIpc) is 2.38. The van der Waals surface area contributed by atoms with Crippen LogP contribution in [0.4, 0.5) is 0 Å². The molecule has 1 heteroatoms. The highest BCUT2D eigenvalue weighted by atomic mass is 15.2. The normalized spacial score (nSPS) is 19.5. The van der Waals surface area contributed by atoms with Crippen LogP contribution in [-0.4, -0.2) is 18.0 Å². The quantitative estimate of drug-likeness (QED) is 0.748. The van der Waals surface area contributed by atoms with Gasteiger partial charge in [-0.1, -0.05) is 50.6 Å². The molecule has 0 saturated carbocycles. The van der Waals surface area contributed by atoms with Gasteiger partial charge in [0.15, 0.2) is 0 Å². The third kappa shape index (κ3) is 3.57. The molecule has 1 aromatic rings. The number of likely N-dealkylation sites (tertiary alicyclic amines) is 1. The Morgan fingerprint density at radius 3 is 2.24 bits per heavy atom. The molecule has 1 atom stereocenters. The van der Waals surface area contributed by atoms with E-state index in [1.54, 1.807) is 0 Å². The van der Waals surface area contributed by atoms with Gasteiger partial charge in [0.25, 0.3) is 0 Å². The third-order valence-corrected chi connectivity index (χ3v) is 3.71. The van der Waals surface area contributed by atoms with Crippen LogP contribution < -0.4 is 0 Å². The van der Waals surface area contributed by atoms with Crippen molar-refractivity contribution in [2.24, 2.45) is 5.92 Å². The summed E-state index contributed by atoms with van der Waals surface area (Å²) in [6.07, 6.45) is 5.45. The Balaban J connectivity index is 2.12. The summed E-state index contributed by atoms with van der Waals surface area (Å²) in [4.78, 5) is 2.69. The minimum absolute atomic E-state index is 0.636. The third-order valence-electron chi connectivity index (χ3n) is 3.71. The number of rotatable bonds is 4. The molecule has 1 aliphatic heterocycles. The monoisotopic (exact) mass is 231 g/mol. The maximum absolute atomic E-state index is 2.69. The molecule has 2 rings (SSSR count). The van der Waals surface area contributed by atoms with Gasteiger partial charge in [0, 0.05) is 6.04 Å². The minimum atomic E-state index is 0.636. The summed E-state index contributed by atoms with van der Waals surface area (Å²) in [5.41, 5.74) is 1.50. The Kier molecular flexibility index (Phi) is 4.61. The van der Waals surface area contributed by atoms with E-state index in [0.717, 1.165) is 5.92 Å². The molecule has 1 unspecified atom stereocenters. The molecule has 0 aromatic heterocycles. The Hall–Kier alpha value is -0.820. The molecular formula is C16H25N. The van der Waals surface area contributed by atoms with Crippen molar-refractivity contribution >= 4 is 0 Å². The zero-order chi connectivity index (χ0) is 12.1. The first kappa shape index (κ1) is 12.6. The molecule has 1 aliphatic rings. The van der Waals surface area contributed by atoms with Crippen LogP contribution in [0.15, 0.2) is 30.3 Å². The lowest BCUT2D eigenvalue weighted by atomic mass is 9.94. The van der Waals surface area contributed by atoms with Crippen LogP contribution >= 0.6 is 0 Å². The second-order valence-corrected chi connectivity index (χ2v) is 5.65. The fourth-order valence-electron chi connectivity index (χ4n) is 2.85. The van der Waals surface area contributed by atoms with E-state index in [9.17, 15) is 0 Å². The molecule has 17 heavy (non-hydrogen) atoms. The summed E-state index contributed by atoms with van der Waals surface area (Å²) in [6, 6.07) is 11.7. The highest BCUT2D eigenvalue weighted by Gasteiger charge is 2.22. The SMILES string of the molecule is CC(C)CC(c1ccccc1)N1CCCCC1. The van der Waals surface area contributed by atoms with Gasteiger partial charge < -0.3 is 0 Å². The van der Waals surface area contributed by atoms with Crippen molar-refractivity contribution in [3.63, 3.8) is 0 Å². The number of hydrogen-bond donors (Lipinski definition) is 0. The van der Waals surface area contributed by atoms with E-state index in [0.29, 0.717) is 6.04 Å². The molecule has 0 radical (unpaired) electrons. The Morgan fingerprint density at radius 1 is 1.00 bits per heavy atom. The van der Waals surface area contributed by atoms with Gasteiger partial charge in [0.1, 0.15) is 0 Å². The van der Waals surface area contributed by atoms with Gasteiger partial charge in [-0.15, -0.1) is 0 Å². The Morgan fingerprint density at radius 2 is 1.65 bits per heavy atom. The van der Waals surface area contributed by atoms with E-state index in [2.05, 4.69) is 49.1 Å². The Bertz CT molecular complexity index is 312. The predicted molar refractivity (Wildman–Crippen MR) is 74.1 cm³/mol. The van der Waals surface area contributed by atoms with E-state index in [4.69, 9.17) is 0 Å². The predicted octanol–water partition coefficient (Wildman–Crippen LogP) is 4.26. The van der Waals surface area contributed by atoms with E-state index in [1.165, 1.54) is 44.3 Å². The van der Waals surface area contributed by atoms with Crippen LogP contribution in [0, 0.1) is 5.92 Å². The first-order valence-electron chi connectivity index (χ1n) is 7.06. The molecule has 0 spiro atoms. The standard InChI is InChI=1S/C16H25N/c1-14(2)13-16(15-9-5-3-6-10-15)17-11-7-4-8-12-17/h3,5-6,9-10,14,16H,4,7-8,11-13H2,1-2H3. The first-order chi connectivity index (χ1) is 8.27. The number of hydrogen-bond acceptors (Lipinski definition) is 1. The fourth-order valence-corrected chi connectivity index (χ4v) is 2.85. The van der Waals surface area contributed by atoms with Crippen molar-refractivity contribution in [1.82, 2.24) is 4.90 Å². The first-order valence-corrected chi connectivity index (χ1v) is 7.06. The van der Waals surface area contributed by atoms with E-state index < -0.39 is 0 Å². The maximum atomic E-state index is 2.69. The molecule has 94 valence electrons. The lowest BCUT2D eigenvalue weighted by molar-refractivity contribution is 0.145. The summed E-state index contributed by atoms with van der Waals surface area (Å²) >= 11 is 0. The lowest BCUT2D eigenvalue weighted by Crippen LogP contribution is -2.34. The van der Waals surface area contributed by atoms with Crippen LogP contribution in [0.1, 0.15) is 51.1 Å². The van der Waals surface area contributed by atoms with Crippen molar-refractivity contribution in [2.45, 2.75) is 45.6 Å². The van der Waals surface area contributed by atoms with Crippen LogP contribution in [-0.2, 0) is 0 Å². The largest absolute Gasteiger partial charge is 0.296 e. The van der Waals surface area contributed by atoms with Gasteiger partial charge in [-0.3, -0.25) is 4.90 Å². The van der Waals surface area contributed by atoms with Crippen molar-refractivity contribution in [3.05, 3.63) is 35.9 Å². The molecular weight excluding hydrogens is 206 g/mol. The maximum Gasteiger partial charge on any atom is 0.0350 e. The van der Waals surface area contributed by atoms with Gasteiger partial charge in [-0.25, -0.2) is 0 Å². The van der Waals surface area contributed by atoms with Crippen LogP contribution in [0.5, 0.6) is 0 Å². The molecule has 1 fully saturated rings. The van der Waals surface area contributed by atoms with Crippen molar-refractivity contribution in [3.8, 4) is 0 Å². The van der Waals surface area contributed by atoms with Gasteiger partial charge in [-0.05, 0) is 43.8 Å². The summed E-state index contributed by atoms with van der Waals surface area (Å²) in [7, 11) is 0. The zero-order valence-corrected chi connectivity index (χ0v) is 11.2. The molecule has 0 amide bonds. The van der Waals surface area contributed by atoms with Crippen molar-refractivity contribution in [2.75, 3.05) is 13.1 Å². The molecule has 1 saturated heterocycles. The van der Waals surface area contributed by atoms with Gasteiger partial charge in [0.05, 0.1) is 0 Å². The van der Waals surface area contributed by atoms with E-state index in [-0.39, 0.29) is 0 Å². The minimum Gasteiger partial charge on any atom is -0.296 e. The van der Waals surface area contributed by atoms with E-state index >= 15 is 0 Å². The van der Waals surface area contributed by atoms with Crippen molar-refractivity contribution < 1.29 is 0 Å². The van der Waals surface area contributed by atoms with Crippen molar-refractivity contribution in [1.29, 1.82) is 0 Å². The van der Waals surface area contributed by atoms with Crippen LogP contribution in [0.25, 0.3) is 0 Å².